The summed E-state index contributed by atoms with van der Waals surface area (Å²) in [6.45, 7) is 3.39. The summed E-state index contributed by atoms with van der Waals surface area (Å²) >= 11 is 0. The average molecular weight is 229 g/mol. The summed E-state index contributed by atoms with van der Waals surface area (Å²) in [6.07, 6.45) is 0.854. The van der Waals surface area contributed by atoms with Crippen molar-refractivity contribution in [1.82, 2.24) is 9.78 Å². The molecule has 1 aliphatic heterocycles. The number of nitrogens with zero attached hydrogens (tertiary/aromatic N) is 2. The highest BCUT2D eigenvalue weighted by molar-refractivity contribution is 5.48. The maximum Gasteiger partial charge on any atom is 0.149 e. The predicted octanol–water partition coefficient (Wildman–Crippen LogP) is 1.84. The summed E-state index contributed by atoms with van der Waals surface area (Å²) in [5, 5.41) is 4.42. The third-order valence-corrected chi connectivity index (χ3v) is 3.10. The van der Waals surface area contributed by atoms with Crippen molar-refractivity contribution in [1.29, 1.82) is 0 Å². The summed E-state index contributed by atoms with van der Waals surface area (Å²) in [4.78, 5) is 0. The smallest absolute Gasteiger partial charge is 0.149 e. The van der Waals surface area contributed by atoms with E-state index in [0.29, 0.717) is 12.4 Å². The highest BCUT2D eigenvalue weighted by Gasteiger charge is 2.20. The second kappa shape index (κ2) is 3.89. The number of ether oxygens (including phenoxy) is 1. The normalized spacial score (nSPS) is 14.6. The van der Waals surface area contributed by atoms with E-state index in [1.807, 2.05) is 16.8 Å². The summed E-state index contributed by atoms with van der Waals surface area (Å²) in [5.74, 6) is 0.629. The molecule has 0 saturated heterocycles. The van der Waals surface area contributed by atoms with Crippen LogP contribution in [0.15, 0.2) is 24.3 Å². The summed E-state index contributed by atoms with van der Waals surface area (Å²) in [5.41, 5.74) is 10.4. The van der Waals surface area contributed by atoms with Gasteiger partial charge in [-0.05, 0) is 24.6 Å². The van der Waals surface area contributed by atoms with Crippen molar-refractivity contribution in [2.24, 2.45) is 0 Å². The first-order valence-corrected chi connectivity index (χ1v) is 5.77. The lowest BCUT2D eigenvalue weighted by atomic mass is 10.1. The van der Waals surface area contributed by atoms with Gasteiger partial charge in [0.25, 0.3) is 0 Å². The Morgan fingerprint density at radius 3 is 3.12 bits per heavy atom. The molecule has 0 spiro atoms. The van der Waals surface area contributed by atoms with Gasteiger partial charge in [0.15, 0.2) is 0 Å². The first-order chi connectivity index (χ1) is 8.25. The molecule has 0 bridgehead atoms. The molecule has 88 valence electrons. The molecular weight excluding hydrogens is 214 g/mol. The quantitative estimate of drug-likeness (QED) is 0.811. The molecule has 0 radical (unpaired) electrons. The monoisotopic (exact) mass is 229 g/mol. The number of nitrogen functional groups attached to an aromatic ring is 1. The lowest BCUT2D eigenvalue weighted by molar-refractivity contribution is 0.106. The third-order valence-electron chi connectivity index (χ3n) is 3.10. The van der Waals surface area contributed by atoms with Crippen LogP contribution in [0.1, 0.15) is 16.8 Å². The molecule has 0 amide bonds. The van der Waals surface area contributed by atoms with E-state index in [1.165, 1.54) is 5.56 Å². The van der Waals surface area contributed by atoms with E-state index in [4.69, 9.17) is 10.5 Å². The second-order valence-corrected chi connectivity index (χ2v) is 4.36. The van der Waals surface area contributed by atoms with E-state index in [0.717, 1.165) is 30.0 Å². The van der Waals surface area contributed by atoms with E-state index in [9.17, 15) is 0 Å². The third kappa shape index (κ3) is 1.70. The van der Waals surface area contributed by atoms with Gasteiger partial charge in [-0.2, -0.15) is 5.10 Å². The molecule has 4 nitrogen and oxygen atoms in total. The minimum absolute atomic E-state index is 0.591. The average Bonchev–Trinajstić information content (AvgIpc) is 2.68. The lowest BCUT2D eigenvalue weighted by Gasteiger charge is -2.14. The maximum atomic E-state index is 5.95. The van der Waals surface area contributed by atoms with Gasteiger partial charge in [-0.3, -0.25) is 0 Å². The molecule has 1 aliphatic rings. The lowest BCUT2D eigenvalue weighted by Crippen LogP contribution is -2.13. The molecule has 0 fully saturated rings. The van der Waals surface area contributed by atoms with Gasteiger partial charge in [-0.15, -0.1) is 0 Å². The van der Waals surface area contributed by atoms with Crippen LogP contribution in [-0.4, -0.2) is 16.4 Å². The van der Waals surface area contributed by atoms with Crippen molar-refractivity contribution in [3.8, 4) is 5.69 Å². The van der Waals surface area contributed by atoms with Crippen LogP contribution in [0, 0.1) is 6.92 Å². The molecule has 2 aromatic rings. The largest absolute Gasteiger partial charge is 0.382 e. The van der Waals surface area contributed by atoms with Crippen molar-refractivity contribution in [2.45, 2.75) is 20.0 Å². The van der Waals surface area contributed by atoms with Crippen molar-refractivity contribution >= 4 is 5.82 Å². The van der Waals surface area contributed by atoms with E-state index in [2.05, 4.69) is 24.2 Å². The van der Waals surface area contributed by atoms with E-state index >= 15 is 0 Å². The second-order valence-electron chi connectivity index (χ2n) is 4.36. The van der Waals surface area contributed by atoms with E-state index < -0.39 is 0 Å². The van der Waals surface area contributed by atoms with E-state index in [1.54, 1.807) is 0 Å². The molecular formula is C13H15N3O. The Kier molecular flexibility index (Phi) is 2.37. The molecule has 0 atom stereocenters. The number of hydrogen-bond acceptors (Lipinski definition) is 3. The van der Waals surface area contributed by atoms with Crippen LogP contribution in [0.4, 0.5) is 5.82 Å². The van der Waals surface area contributed by atoms with Crippen LogP contribution in [0.2, 0.25) is 0 Å². The van der Waals surface area contributed by atoms with Gasteiger partial charge in [-0.1, -0.05) is 12.1 Å². The molecule has 3 rings (SSSR count). The zero-order valence-corrected chi connectivity index (χ0v) is 9.81. The van der Waals surface area contributed by atoms with Gasteiger partial charge in [0, 0.05) is 12.0 Å². The number of rotatable bonds is 1. The fourth-order valence-corrected chi connectivity index (χ4v) is 2.24. The van der Waals surface area contributed by atoms with Gasteiger partial charge in [-0.25, -0.2) is 4.68 Å². The SMILES string of the molecule is Cc1cccc(-n2nc(N)c3c2COCC3)c1. The fourth-order valence-electron chi connectivity index (χ4n) is 2.24. The van der Waals surface area contributed by atoms with Crippen LogP contribution in [0.3, 0.4) is 0 Å². The minimum Gasteiger partial charge on any atom is -0.382 e. The first-order valence-electron chi connectivity index (χ1n) is 5.77. The van der Waals surface area contributed by atoms with Gasteiger partial charge in [0.1, 0.15) is 5.82 Å². The molecule has 17 heavy (non-hydrogen) atoms. The molecule has 0 saturated carbocycles. The van der Waals surface area contributed by atoms with Gasteiger partial charge in [0.05, 0.1) is 24.6 Å². The number of nitrogens with two attached hydrogens (primary N) is 1. The zero-order valence-electron chi connectivity index (χ0n) is 9.81. The topological polar surface area (TPSA) is 53.1 Å². The molecule has 4 heteroatoms. The summed E-state index contributed by atoms with van der Waals surface area (Å²) in [6, 6.07) is 8.23. The number of aromatic nitrogens is 2. The molecule has 1 aromatic heterocycles. The van der Waals surface area contributed by atoms with Crippen LogP contribution >= 0.6 is 0 Å². The number of aryl methyl sites for hydroxylation is 1. The molecule has 2 heterocycles. The predicted molar refractivity (Wildman–Crippen MR) is 66.1 cm³/mol. The fraction of sp³-hybridized carbons (Fsp3) is 0.308. The minimum atomic E-state index is 0.591. The first kappa shape index (κ1) is 10.4. The standard InChI is InChI=1S/C13H15N3O/c1-9-3-2-4-10(7-9)16-12-8-17-6-5-11(12)13(14)15-16/h2-4,7H,5-6,8H2,1H3,(H2,14,15). The summed E-state index contributed by atoms with van der Waals surface area (Å²) in [7, 11) is 0. The number of fused-ring (bicyclic) bond motifs is 1. The number of anilines is 1. The molecule has 2 N–H and O–H groups in total. The Morgan fingerprint density at radius 1 is 1.41 bits per heavy atom. The number of benzene rings is 1. The Labute approximate surface area is 100 Å². The van der Waals surface area contributed by atoms with Crippen LogP contribution in [-0.2, 0) is 17.8 Å². The van der Waals surface area contributed by atoms with Crippen LogP contribution in [0.25, 0.3) is 5.69 Å². The Hall–Kier alpha value is -1.81. The van der Waals surface area contributed by atoms with Gasteiger partial charge in [0.2, 0.25) is 0 Å². The van der Waals surface area contributed by atoms with Crippen molar-refractivity contribution in [2.75, 3.05) is 12.3 Å². The van der Waals surface area contributed by atoms with Gasteiger partial charge < -0.3 is 10.5 Å². The highest BCUT2D eigenvalue weighted by atomic mass is 16.5. The Bertz CT molecular complexity index is 560. The molecule has 0 unspecified atom stereocenters. The van der Waals surface area contributed by atoms with E-state index in [-0.39, 0.29) is 0 Å². The van der Waals surface area contributed by atoms with Crippen molar-refractivity contribution in [3.63, 3.8) is 0 Å². The highest BCUT2D eigenvalue weighted by Crippen LogP contribution is 2.25. The molecule has 1 aromatic carbocycles. The van der Waals surface area contributed by atoms with Gasteiger partial charge >= 0.3 is 0 Å². The number of hydrogen-bond donors (Lipinski definition) is 1. The molecule has 0 aliphatic carbocycles. The van der Waals surface area contributed by atoms with Crippen LogP contribution < -0.4 is 5.73 Å². The summed E-state index contributed by atoms with van der Waals surface area (Å²) < 4.78 is 7.38. The Balaban J connectivity index is 2.15. The van der Waals surface area contributed by atoms with Crippen molar-refractivity contribution < 1.29 is 4.74 Å². The zero-order chi connectivity index (χ0) is 11.8. The van der Waals surface area contributed by atoms with Crippen molar-refractivity contribution in [3.05, 3.63) is 41.1 Å². The van der Waals surface area contributed by atoms with Crippen LogP contribution in [0.5, 0.6) is 0 Å². The Morgan fingerprint density at radius 2 is 2.29 bits per heavy atom. The maximum absolute atomic E-state index is 5.95.